The average Bonchev–Trinajstić information content (AvgIpc) is 2.09. The Balaban J connectivity index is 2.88. The van der Waals surface area contributed by atoms with Gasteiger partial charge < -0.3 is 5.32 Å². The van der Waals surface area contributed by atoms with Crippen molar-refractivity contribution >= 4 is 0 Å². The topological polar surface area (TPSA) is 12.0 Å². The maximum atomic E-state index is 5.15. The minimum atomic E-state index is 0.849. The highest BCUT2D eigenvalue weighted by Crippen LogP contribution is 2.04. The number of unbranched alkanes of at least 4 members (excludes halogenated alkanes) is 2. The van der Waals surface area contributed by atoms with Crippen LogP contribution < -0.4 is 5.32 Å². The molecular formula is C12H23N. The van der Waals surface area contributed by atoms with E-state index < -0.39 is 0 Å². The monoisotopic (exact) mass is 181 g/mol. The molecule has 76 valence electrons. The molecular weight excluding hydrogens is 158 g/mol. The highest BCUT2D eigenvalue weighted by atomic mass is 14.8. The predicted octanol–water partition coefficient (Wildman–Crippen LogP) is 2.82. The second-order valence-corrected chi connectivity index (χ2v) is 3.95. The molecule has 1 N–H and O–H groups in total. The zero-order valence-electron chi connectivity index (χ0n) is 9.10. The van der Waals surface area contributed by atoms with E-state index in [2.05, 4.69) is 25.1 Å². The number of hydrogen-bond donors (Lipinski definition) is 1. The van der Waals surface area contributed by atoms with Crippen LogP contribution in [0.1, 0.15) is 46.0 Å². The second kappa shape index (κ2) is 9.61. The standard InChI is InChI=1S/C12H23N/c1-4-5-7-10-13-11-8-6-9-12(2)3/h1,12-13H,5-11H2,2-3H3. The lowest BCUT2D eigenvalue weighted by Gasteiger charge is -2.05. The largest absolute Gasteiger partial charge is 0.317 e. The summed E-state index contributed by atoms with van der Waals surface area (Å²) in [5, 5.41) is 3.40. The van der Waals surface area contributed by atoms with Crippen molar-refractivity contribution < 1.29 is 0 Å². The Bertz CT molecular complexity index is 133. The van der Waals surface area contributed by atoms with Gasteiger partial charge in [-0.25, -0.2) is 0 Å². The lowest BCUT2D eigenvalue weighted by atomic mass is 10.1. The average molecular weight is 181 g/mol. The van der Waals surface area contributed by atoms with Crippen LogP contribution in [0.2, 0.25) is 0 Å². The van der Waals surface area contributed by atoms with E-state index in [1.807, 2.05) is 0 Å². The lowest BCUT2D eigenvalue weighted by Crippen LogP contribution is -2.16. The van der Waals surface area contributed by atoms with Gasteiger partial charge in [-0.05, 0) is 31.8 Å². The van der Waals surface area contributed by atoms with Crippen LogP contribution in [0.5, 0.6) is 0 Å². The normalized spacial score (nSPS) is 10.3. The minimum absolute atomic E-state index is 0.849. The first-order valence-corrected chi connectivity index (χ1v) is 5.41. The summed E-state index contributed by atoms with van der Waals surface area (Å²) in [5.41, 5.74) is 0. The van der Waals surface area contributed by atoms with Crippen LogP contribution in [0.25, 0.3) is 0 Å². The van der Waals surface area contributed by atoms with Gasteiger partial charge in [0.15, 0.2) is 0 Å². The highest BCUT2D eigenvalue weighted by Gasteiger charge is 1.93. The molecule has 0 aromatic heterocycles. The molecule has 0 aromatic rings. The van der Waals surface area contributed by atoms with Gasteiger partial charge in [0.05, 0.1) is 0 Å². The SMILES string of the molecule is C#CCCCNCCCCC(C)C. The number of rotatable bonds is 8. The van der Waals surface area contributed by atoms with E-state index in [4.69, 9.17) is 6.42 Å². The van der Waals surface area contributed by atoms with Crippen molar-refractivity contribution in [1.29, 1.82) is 0 Å². The Morgan fingerprint density at radius 2 is 1.85 bits per heavy atom. The number of nitrogens with one attached hydrogen (secondary N) is 1. The van der Waals surface area contributed by atoms with Gasteiger partial charge in [0, 0.05) is 6.42 Å². The van der Waals surface area contributed by atoms with Crippen molar-refractivity contribution in [2.75, 3.05) is 13.1 Å². The molecule has 0 atom stereocenters. The molecule has 0 radical (unpaired) electrons. The van der Waals surface area contributed by atoms with Gasteiger partial charge >= 0.3 is 0 Å². The number of hydrogen-bond acceptors (Lipinski definition) is 1. The second-order valence-electron chi connectivity index (χ2n) is 3.95. The molecule has 0 heterocycles. The van der Waals surface area contributed by atoms with Gasteiger partial charge in [-0.2, -0.15) is 0 Å². The van der Waals surface area contributed by atoms with Crippen LogP contribution >= 0.6 is 0 Å². The summed E-state index contributed by atoms with van der Waals surface area (Å²) in [7, 11) is 0. The molecule has 0 bridgehead atoms. The molecule has 0 aliphatic rings. The third-order valence-corrected chi connectivity index (χ3v) is 2.06. The van der Waals surface area contributed by atoms with Gasteiger partial charge in [0.1, 0.15) is 0 Å². The first-order valence-electron chi connectivity index (χ1n) is 5.41. The van der Waals surface area contributed by atoms with E-state index >= 15 is 0 Å². The zero-order valence-corrected chi connectivity index (χ0v) is 9.10. The third kappa shape index (κ3) is 11.5. The van der Waals surface area contributed by atoms with Crippen LogP contribution in [-0.2, 0) is 0 Å². The highest BCUT2D eigenvalue weighted by molar-refractivity contribution is 4.83. The Morgan fingerprint density at radius 1 is 1.15 bits per heavy atom. The van der Waals surface area contributed by atoms with Gasteiger partial charge in [-0.3, -0.25) is 0 Å². The third-order valence-electron chi connectivity index (χ3n) is 2.06. The smallest absolute Gasteiger partial charge is 0.00981 e. The predicted molar refractivity (Wildman–Crippen MR) is 59.6 cm³/mol. The Hall–Kier alpha value is -0.480. The fourth-order valence-electron chi connectivity index (χ4n) is 1.24. The van der Waals surface area contributed by atoms with Crippen LogP contribution in [0.15, 0.2) is 0 Å². The van der Waals surface area contributed by atoms with Gasteiger partial charge in [-0.15, -0.1) is 12.3 Å². The molecule has 0 saturated carbocycles. The number of terminal acetylenes is 1. The summed E-state index contributed by atoms with van der Waals surface area (Å²) in [5.74, 6) is 3.49. The molecule has 13 heavy (non-hydrogen) atoms. The quantitative estimate of drug-likeness (QED) is 0.448. The summed E-state index contributed by atoms with van der Waals surface area (Å²) in [4.78, 5) is 0. The van der Waals surface area contributed by atoms with Crippen LogP contribution in [-0.4, -0.2) is 13.1 Å². The van der Waals surface area contributed by atoms with Crippen molar-refractivity contribution in [3.63, 3.8) is 0 Å². The molecule has 0 fully saturated rings. The van der Waals surface area contributed by atoms with Crippen molar-refractivity contribution in [2.45, 2.75) is 46.0 Å². The molecule has 0 spiro atoms. The van der Waals surface area contributed by atoms with E-state index in [1.165, 1.54) is 19.3 Å². The molecule has 0 unspecified atom stereocenters. The zero-order chi connectivity index (χ0) is 9.94. The Morgan fingerprint density at radius 3 is 2.46 bits per heavy atom. The first kappa shape index (κ1) is 12.5. The Kier molecular flexibility index (Phi) is 9.25. The van der Waals surface area contributed by atoms with Crippen molar-refractivity contribution in [2.24, 2.45) is 5.92 Å². The summed E-state index contributed by atoms with van der Waals surface area (Å²) < 4.78 is 0. The molecule has 1 nitrogen and oxygen atoms in total. The summed E-state index contributed by atoms with van der Waals surface area (Å²) in [6.07, 6.45) is 11.2. The first-order chi connectivity index (χ1) is 6.27. The fourth-order valence-corrected chi connectivity index (χ4v) is 1.24. The van der Waals surface area contributed by atoms with E-state index in [-0.39, 0.29) is 0 Å². The summed E-state index contributed by atoms with van der Waals surface area (Å²) in [6, 6.07) is 0. The van der Waals surface area contributed by atoms with Crippen LogP contribution in [0.3, 0.4) is 0 Å². The van der Waals surface area contributed by atoms with Gasteiger partial charge in [0.25, 0.3) is 0 Å². The molecule has 0 amide bonds. The minimum Gasteiger partial charge on any atom is -0.317 e. The van der Waals surface area contributed by atoms with E-state index in [0.717, 1.165) is 31.8 Å². The van der Waals surface area contributed by atoms with Crippen LogP contribution in [0.4, 0.5) is 0 Å². The molecule has 0 saturated heterocycles. The van der Waals surface area contributed by atoms with E-state index in [1.54, 1.807) is 0 Å². The Labute approximate surface area is 83.3 Å². The van der Waals surface area contributed by atoms with Crippen LogP contribution in [0, 0.1) is 18.3 Å². The molecule has 0 aromatic carbocycles. The van der Waals surface area contributed by atoms with E-state index in [0.29, 0.717) is 0 Å². The molecule has 0 rings (SSSR count). The summed E-state index contributed by atoms with van der Waals surface area (Å²) >= 11 is 0. The molecule has 0 aliphatic heterocycles. The maximum absolute atomic E-state index is 5.15. The molecule has 1 heteroatoms. The lowest BCUT2D eigenvalue weighted by molar-refractivity contribution is 0.519. The van der Waals surface area contributed by atoms with Crippen molar-refractivity contribution in [3.05, 3.63) is 0 Å². The van der Waals surface area contributed by atoms with Gasteiger partial charge in [-0.1, -0.05) is 26.7 Å². The van der Waals surface area contributed by atoms with Crippen molar-refractivity contribution in [1.82, 2.24) is 5.32 Å². The van der Waals surface area contributed by atoms with Crippen molar-refractivity contribution in [3.8, 4) is 12.3 Å². The maximum Gasteiger partial charge on any atom is 0.00981 e. The fraction of sp³-hybridized carbons (Fsp3) is 0.833. The molecule has 0 aliphatic carbocycles. The summed E-state index contributed by atoms with van der Waals surface area (Å²) in [6.45, 7) is 6.78. The van der Waals surface area contributed by atoms with E-state index in [9.17, 15) is 0 Å². The van der Waals surface area contributed by atoms with Gasteiger partial charge in [0.2, 0.25) is 0 Å².